The summed E-state index contributed by atoms with van der Waals surface area (Å²) in [5.41, 5.74) is 0. The standard InChI is InChI=1S/C6H12O6.Na.2O.Sb/c7-1-3(9)5(11)6(12)4(10)2-8;;;;/h3-9,11H,1-2H2;;;;/q-2;+1;;-1;+2/t3-,4-,5-,6-;;;;/m1..../s1. The summed E-state index contributed by atoms with van der Waals surface area (Å²) in [6.45, 7) is -1.42. The second-order valence-electron chi connectivity index (χ2n) is 3.08. The van der Waals surface area contributed by atoms with Crippen LogP contribution in [-0.2, 0) is 9.05 Å². The van der Waals surface area contributed by atoms with Gasteiger partial charge in [0.05, 0.1) is 0 Å². The van der Waals surface area contributed by atoms with Gasteiger partial charge in [-0.2, -0.15) is 0 Å². The van der Waals surface area contributed by atoms with Crippen LogP contribution in [-0.4, -0.2) is 78.1 Å². The monoisotopic (exact) mass is 356 g/mol. The molecular weight excluding hydrogens is 345 g/mol. The van der Waals surface area contributed by atoms with Crippen LogP contribution >= 0.6 is 0 Å². The summed E-state index contributed by atoms with van der Waals surface area (Å²) in [7, 11) is 0. The molecule has 0 saturated carbocycles. The Bertz CT molecular complexity index is 263. The van der Waals surface area contributed by atoms with Crippen LogP contribution in [0.4, 0.5) is 0 Å². The first kappa shape index (κ1) is 17.3. The van der Waals surface area contributed by atoms with Gasteiger partial charge in [0.25, 0.3) is 0 Å². The molecule has 10 heteroatoms. The van der Waals surface area contributed by atoms with Gasteiger partial charge in [0, 0.05) is 0 Å². The second-order valence-corrected chi connectivity index (χ2v) is 6.84. The molecule has 1 rings (SSSR count). The molecule has 1 unspecified atom stereocenters. The summed E-state index contributed by atoms with van der Waals surface area (Å²) < 4.78 is 30.7. The van der Waals surface area contributed by atoms with Crippen molar-refractivity contribution in [3.63, 3.8) is 0 Å². The number of aliphatic hydroxyl groups is 4. The van der Waals surface area contributed by atoms with Gasteiger partial charge in [0.15, 0.2) is 0 Å². The van der Waals surface area contributed by atoms with Gasteiger partial charge in [0.1, 0.15) is 0 Å². The topological polar surface area (TPSA) is 140 Å². The van der Waals surface area contributed by atoms with E-state index >= 15 is 0 Å². The predicted molar refractivity (Wildman–Crippen MR) is 42.4 cm³/mol. The predicted octanol–water partition coefficient (Wildman–Crippen LogP) is -7.29. The second kappa shape index (κ2) is 7.06. The van der Waals surface area contributed by atoms with Gasteiger partial charge in [-0.3, -0.25) is 0 Å². The fourth-order valence-corrected chi connectivity index (χ4v) is 4.43. The molecule has 0 spiro atoms. The quantitative estimate of drug-likeness (QED) is 0.364. The molecule has 90 valence electrons. The van der Waals surface area contributed by atoms with Gasteiger partial charge >= 0.3 is 120 Å². The molecule has 0 bridgehead atoms. The zero-order chi connectivity index (χ0) is 11.6. The Morgan fingerprint density at radius 3 is 2.31 bits per heavy atom. The molecule has 1 heterocycles. The molecule has 0 aromatic carbocycles. The van der Waals surface area contributed by atoms with Gasteiger partial charge < -0.3 is 0 Å². The Labute approximate surface area is 119 Å². The molecule has 1 aliphatic heterocycles. The molecule has 4 N–H and O–H groups in total. The van der Waals surface area contributed by atoms with Crippen molar-refractivity contribution < 1.29 is 62.4 Å². The van der Waals surface area contributed by atoms with Crippen molar-refractivity contribution in [1.82, 2.24) is 0 Å². The third-order valence-electron chi connectivity index (χ3n) is 1.98. The Hall–Kier alpha value is 1.34. The van der Waals surface area contributed by atoms with E-state index in [0.29, 0.717) is 0 Å². The van der Waals surface area contributed by atoms with E-state index in [9.17, 15) is 11.5 Å². The Balaban J connectivity index is 0.00000225. The Kier molecular flexibility index (Phi) is 7.65. The summed E-state index contributed by atoms with van der Waals surface area (Å²) >= 11 is -5.44. The van der Waals surface area contributed by atoms with Crippen LogP contribution in [0, 0.1) is 0 Å². The summed E-state index contributed by atoms with van der Waals surface area (Å²) in [5, 5.41) is 35.8. The molecule has 0 aromatic rings. The first-order valence-electron chi connectivity index (χ1n) is 4.17. The Morgan fingerprint density at radius 2 is 1.88 bits per heavy atom. The minimum absolute atomic E-state index is 0. The van der Waals surface area contributed by atoms with Crippen molar-refractivity contribution in [3.05, 3.63) is 0 Å². The maximum atomic E-state index is 10.9. The van der Waals surface area contributed by atoms with E-state index in [1.165, 1.54) is 0 Å². The molecule has 16 heavy (non-hydrogen) atoms. The van der Waals surface area contributed by atoms with E-state index in [-0.39, 0.29) is 29.6 Å². The molecule has 0 radical (unpaired) electrons. The average molecular weight is 357 g/mol. The molecule has 1 saturated heterocycles. The average Bonchev–Trinajstić information content (AvgIpc) is 2.51. The molecule has 0 aromatic heterocycles. The maximum absolute atomic E-state index is 10.9. The van der Waals surface area contributed by atoms with E-state index in [1.807, 2.05) is 0 Å². The molecule has 0 aliphatic carbocycles. The van der Waals surface area contributed by atoms with E-state index in [1.54, 1.807) is 0 Å². The first-order chi connectivity index (χ1) is 6.91. The van der Waals surface area contributed by atoms with E-state index in [0.717, 1.165) is 0 Å². The zero-order valence-corrected chi connectivity index (χ0v) is 13.1. The Morgan fingerprint density at radius 1 is 1.31 bits per heavy atom. The first-order valence-corrected chi connectivity index (χ1v) is 8.34. The summed E-state index contributed by atoms with van der Waals surface area (Å²) in [4.78, 5) is 0. The van der Waals surface area contributed by atoms with Crippen molar-refractivity contribution in [2.24, 2.45) is 0 Å². The van der Waals surface area contributed by atoms with Crippen molar-refractivity contribution in [1.29, 1.82) is 0 Å². The van der Waals surface area contributed by atoms with E-state index in [2.05, 4.69) is 6.03 Å². The van der Waals surface area contributed by atoms with Crippen LogP contribution in [0.5, 0.6) is 0 Å². The van der Waals surface area contributed by atoms with E-state index < -0.39 is 57.7 Å². The number of rotatable bonds is 4. The van der Waals surface area contributed by atoms with Crippen LogP contribution < -0.4 is 32.9 Å². The van der Waals surface area contributed by atoms with E-state index in [4.69, 9.17) is 15.3 Å². The van der Waals surface area contributed by atoms with Gasteiger partial charge in [0.2, 0.25) is 0 Å². The van der Waals surface area contributed by atoms with Crippen molar-refractivity contribution in [3.8, 4) is 0 Å². The molecule has 8 nitrogen and oxygen atoms in total. The SMILES string of the molecule is [Na+].[O]=[Sb]1([O-])[O][C@@H]([C@H](O)[C@H](O)CO)[C@@H](CO)[O]1. The minimum atomic E-state index is -5.44. The molecular formula is C6H12NaO8Sb. The van der Waals surface area contributed by atoms with Crippen molar-refractivity contribution in [2.75, 3.05) is 13.2 Å². The molecule has 5 atom stereocenters. The summed E-state index contributed by atoms with van der Waals surface area (Å²) in [6, 6.07) is 0. The molecule has 1 fully saturated rings. The fourth-order valence-electron chi connectivity index (χ4n) is 1.21. The van der Waals surface area contributed by atoms with Gasteiger partial charge in [-0.1, -0.05) is 0 Å². The third kappa shape index (κ3) is 4.22. The van der Waals surface area contributed by atoms with Crippen molar-refractivity contribution in [2.45, 2.75) is 24.4 Å². The summed E-state index contributed by atoms with van der Waals surface area (Å²) in [5.74, 6) is 0. The van der Waals surface area contributed by atoms with Gasteiger partial charge in [-0.15, -0.1) is 0 Å². The van der Waals surface area contributed by atoms with Gasteiger partial charge in [-0.25, -0.2) is 0 Å². The van der Waals surface area contributed by atoms with Crippen LogP contribution in [0.3, 0.4) is 0 Å². The third-order valence-corrected chi connectivity index (χ3v) is 4.92. The van der Waals surface area contributed by atoms with Crippen LogP contribution in [0.15, 0.2) is 0 Å². The number of hydrogen-bond donors (Lipinski definition) is 4. The fraction of sp³-hybridized carbons (Fsp3) is 1.00. The van der Waals surface area contributed by atoms with Crippen LogP contribution in [0.1, 0.15) is 0 Å². The van der Waals surface area contributed by atoms with Crippen LogP contribution in [0.2, 0.25) is 0 Å². The number of aliphatic hydroxyl groups excluding tert-OH is 4. The number of hydrogen-bond acceptors (Lipinski definition) is 8. The molecule has 1 aliphatic rings. The molecule has 0 amide bonds. The zero-order valence-electron chi connectivity index (χ0n) is 8.59. The van der Waals surface area contributed by atoms with Gasteiger partial charge in [-0.05, 0) is 0 Å². The van der Waals surface area contributed by atoms with Crippen LogP contribution in [0.25, 0.3) is 0 Å². The van der Waals surface area contributed by atoms with Crippen molar-refractivity contribution >= 4 is 20.1 Å². The summed E-state index contributed by atoms with van der Waals surface area (Å²) in [6.07, 6.45) is -5.79. The normalized spacial score (nSPS) is 37.8.